The quantitative estimate of drug-likeness (QED) is 0.464. The van der Waals surface area contributed by atoms with E-state index in [4.69, 9.17) is 21.1 Å². The molecule has 2 rings (SSSR count). The molecule has 6 nitrogen and oxygen atoms in total. The van der Waals surface area contributed by atoms with Gasteiger partial charge in [0.25, 0.3) is 11.8 Å². The predicted octanol–water partition coefficient (Wildman–Crippen LogP) is 4.12. The van der Waals surface area contributed by atoms with E-state index in [1.807, 2.05) is 0 Å². The van der Waals surface area contributed by atoms with Crippen molar-refractivity contribution in [1.82, 2.24) is 10.9 Å². The van der Waals surface area contributed by atoms with Crippen molar-refractivity contribution in [2.75, 3.05) is 13.2 Å². The topological polar surface area (TPSA) is 76.7 Å². The minimum absolute atomic E-state index is 0.286. The number of hydrazine groups is 1. The molecule has 144 valence electrons. The highest BCUT2D eigenvalue weighted by atomic mass is 79.9. The Morgan fingerprint density at radius 2 is 1.81 bits per heavy atom. The standard InChI is InChI=1S/C19H20BrClN2O4/c1-2-3-10-26-15-7-4-13(5-8-15)19(25)23-22-18(24)12-27-17-9-6-14(20)11-16(17)21/h4-9,11H,2-3,10,12H2,1H3,(H,22,24)(H,23,25). The van der Waals surface area contributed by atoms with Crippen LogP contribution in [-0.4, -0.2) is 25.0 Å². The fourth-order valence-electron chi connectivity index (χ4n) is 2.01. The SMILES string of the molecule is CCCCOc1ccc(C(=O)NNC(=O)COc2ccc(Br)cc2Cl)cc1. The molecule has 2 amide bonds. The molecule has 0 saturated carbocycles. The highest BCUT2D eigenvalue weighted by molar-refractivity contribution is 9.10. The first-order chi connectivity index (χ1) is 13.0. The lowest BCUT2D eigenvalue weighted by molar-refractivity contribution is -0.123. The van der Waals surface area contributed by atoms with Crippen LogP contribution in [0.1, 0.15) is 30.1 Å². The van der Waals surface area contributed by atoms with Crippen molar-refractivity contribution in [3.63, 3.8) is 0 Å². The Balaban J connectivity index is 1.76. The van der Waals surface area contributed by atoms with Gasteiger partial charge in [-0.2, -0.15) is 0 Å². The molecule has 2 aromatic rings. The summed E-state index contributed by atoms with van der Waals surface area (Å²) >= 11 is 9.29. The Bertz CT molecular complexity index is 784. The highest BCUT2D eigenvalue weighted by Gasteiger charge is 2.09. The largest absolute Gasteiger partial charge is 0.494 e. The van der Waals surface area contributed by atoms with E-state index in [1.54, 1.807) is 42.5 Å². The van der Waals surface area contributed by atoms with E-state index < -0.39 is 11.8 Å². The molecule has 0 atom stereocenters. The molecule has 0 aliphatic carbocycles. The van der Waals surface area contributed by atoms with Crippen molar-refractivity contribution in [2.24, 2.45) is 0 Å². The van der Waals surface area contributed by atoms with Crippen LogP contribution in [0.2, 0.25) is 5.02 Å². The molecular weight excluding hydrogens is 436 g/mol. The summed E-state index contributed by atoms with van der Waals surface area (Å²) in [5.41, 5.74) is 5.02. The number of halogens is 2. The third kappa shape index (κ3) is 7.11. The zero-order chi connectivity index (χ0) is 19.6. The number of carbonyl (C=O) groups excluding carboxylic acids is 2. The van der Waals surface area contributed by atoms with E-state index in [9.17, 15) is 9.59 Å². The van der Waals surface area contributed by atoms with E-state index >= 15 is 0 Å². The van der Waals surface area contributed by atoms with Gasteiger partial charge < -0.3 is 9.47 Å². The number of hydrogen-bond acceptors (Lipinski definition) is 4. The number of nitrogens with one attached hydrogen (secondary N) is 2. The van der Waals surface area contributed by atoms with Crippen molar-refractivity contribution >= 4 is 39.3 Å². The molecule has 2 aromatic carbocycles. The molecule has 2 N–H and O–H groups in total. The highest BCUT2D eigenvalue weighted by Crippen LogP contribution is 2.27. The predicted molar refractivity (Wildman–Crippen MR) is 107 cm³/mol. The lowest BCUT2D eigenvalue weighted by Gasteiger charge is -2.10. The van der Waals surface area contributed by atoms with Crippen LogP contribution in [0.3, 0.4) is 0 Å². The molecule has 0 aliphatic heterocycles. The van der Waals surface area contributed by atoms with E-state index in [0.717, 1.165) is 17.3 Å². The number of hydrogen-bond donors (Lipinski definition) is 2. The molecule has 0 heterocycles. The summed E-state index contributed by atoms with van der Waals surface area (Å²) in [5.74, 6) is 0.121. The second-order valence-electron chi connectivity index (χ2n) is 5.59. The summed E-state index contributed by atoms with van der Waals surface area (Å²) in [6.45, 7) is 2.44. The molecule has 0 spiro atoms. The van der Waals surface area contributed by atoms with E-state index in [0.29, 0.717) is 28.7 Å². The first kappa shape index (κ1) is 21.1. The molecule has 0 aliphatic rings. The van der Waals surface area contributed by atoms with Gasteiger partial charge in [0.05, 0.1) is 11.6 Å². The minimum atomic E-state index is -0.512. The fraction of sp³-hybridized carbons (Fsp3) is 0.263. The van der Waals surface area contributed by atoms with Gasteiger partial charge in [-0.05, 0) is 48.9 Å². The van der Waals surface area contributed by atoms with Crippen LogP contribution in [0, 0.1) is 0 Å². The summed E-state index contributed by atoms with van der Waals surface area (Å²) in [5, 5.41) is 0.377. The van der Waals surface area contributed by atoms with E-state index in [1.165, 1.54) is 0 Å². The second-order valence-corrected chi connectivity index (χ2v) is 6.91. The molecule has 0 saturated heterocycles. The van der Waals surface area contributed by atoms with Crippen molar-refractivity contribution in [2.45, 2.75) is 19.8 Å². The molecule has 0 fully saturated rings. The monoisotopic (exact) mass is 454 g/mol. The van der Waals surface area contributed by atoms with Crippen LogP contribution in [0.4, 0.5) is 0 Å². The number of ether oxygens (including phenoxy) is 2. The van der Waals surface area contributed by atoms with Gasteiger partial charge in [0.15, 0.2) is 6.61 Å². The van der Waals surface area contributed by atoms with Gasteiger partial charge >= 0.3 is 0 Å². The smallest absolute Gasteiger partial charge is 0.276 e. The van der Waals surface area contributed by atoms with E-state index in [2.05, 4.69) is 33.7 Å². The van der Waals surface area contributed by atoms with Crippen LogP contribution < -0.4 is 20.3 Å². The minimum Gasteiger partial charge on any atom is -0.494 e. The normalized spacial score (nSPS) is 10.2. The van der Waals surface area contributed by atoms with Crippen molar-refractivity contribution < 1.29 is 19.1 Å². The zero-order valence-electron chi connectivity index (χ0n) is 14.8. The fourth-order valence-corrected chi connectivity index (χ4v) is 2.74. The van der Waals surface area contributed by atoms with Gasteiger partial charge in [0.2, 0.25) is 0 Å². The van der Waals surface area contributed by atoms with Crippen molar-refractivity contribution in [3.8, 4) is 11.5 Å². The first-order valence-corrected chi connectivity index (χ1v) is 9.56. The third-order valence-corrected chi connectivity index (χ3v) is 4.24. The van der Waals surface area contributed by atoms with Gasteiger partial charge in [0.1, 0.15) is 11.5 Å². The number of unbranched alkanes of at least 4 members (excludes halogenated alkanes) is 1. The Morgan fingerprint density at radius 3 is 2.48 bits per heavy atom. The van der Waals surface area contributed by atoms with Crippen LogP contribution in [0.5, 0.6) is 11.5 Å². The van der Waals surface area contributed by atoms with Gasteiger partial charge in [-0.1, -0.05) is 40.9 Å². The van der Waals surface area contributed by atoms with Crippen LogP contribution in [0.25, 0.3) is 0 Å². The summed E-state index contributed by atoms with van der Waals surface area (Å²) in [4.78, 5) is 23.9. The molecule has 0 bridgehead atoms. The molecular formula is C19H20BrClN2O4. The maximum absolute atomic E-state index is 12.1. The van der Waals surface area contributed by atoms with Crippen LogP contribution in [0.15, 0.2) is 46.9 Å². The zero-order valence-corrected chi connectivity index (χ0v) is 17.1. The lowest BCUT2D eigenvalue weighted by Crippen LogP contribution is -2.43. The van der Waals surface area contributed by atoms with Gasteiger partial charge in [-0.15, -0.1) is 0 Å². The van der Waals surface area contributed by atoms with Gasteiger partial charge in [0, 0.05) is 10.0 Å². The summed E-state index contributed by atoms with van der Waals surface area (Å²) in [6.07, 6.45) is 2.03. The summed E-state index contributed by atoms with van der Waals surface area (Å²) in [7, 11) is 0. The first-order valence-electron chi connectivity index (χ1n) is 8.39. The maximum Gasteiger partial charge on any atom is 0.276 e. The molecule has 27 heavy (non-hydrogen) atoms. The average Bonchev–Trinajstić information content (AvgIpc) is 2.66. The van der Waals surface area contributed by atoms with Gasteiger partial charge in [-0.3, -0.25) is 20.4 Å². The Labute approximate surface area is 171 Å². The average molecular weight is 456 g/mol. The number of rotatable bonds is 8. The molecule has 0 unspecified atom stereocenters. The summed E-state index contributed by atoms with van der Waals surface area (Å²) in [6, 6.07) is 11.7. The summed E-state index contributed by atoms with van der Waals surface area (Å²) < 4.78 is 11.7. The third-order valence-electron chi connectivity index (χ3n) is 3.45. The van der Waals surface area contributed by atoms with Gasteiger partial charge in [-0.25, -0.2) is 0 Å². The van der Waals surface area contributed by atoms with Crippen molar-refractivity contribution in [3.05, 3.63) is 57.5 Å². The molecule has 0 aromatic heterocycles. The van der Waals surface area contributed by atoms with Crippen LogP contribution in [-0.2, 0) is 4.79 Å². The lowest BCUT2D eigenvalue weighted by atomic mass is 10.2. The molecule has 8 heteroatoms. The molecule has 0 radical (unpaired) electrons. The Kier molecular flexibility index (Phi) is 8.42. The second kappa shape index (κ2) is 10.8. The Hall–Kier alpha value is -2.25. The van der Waals surface area contributed by atoms with Crippen LogP contribution >= 0.6 is 27.5 Å². The maximum atomic E-state index is 12.1. The van der Waals surface area contributed by atoms with Crippen molar-refractivity contribution in [1.29, 1.82) is 0 Å². The number of benzene rings is 2. The van der Waals surface area contributed by atoms with E-state index in [-0.39, 0.29) is 6.61 Å². The number of amides is 2. The Morgan fingerprint density at radius 1 is 1.07 bits per heavy atom. The number of carbonyl (C=O) groups is 2.